The van der Waals surface area contributed by atoms with Crippen molar-refractivity contribution in [3.05, 3.63) is 71.0 Å². The van der Waals surface area contributed by atoms with Crippen LogP contribution in [0.15, 0.2) is 48.5 Å². The maximum atomic E-state index is 13.5. The van der Waals surface area contributed by atoms with Crippen LogP contribution in [-0.4, -0.2) is 18.0 Å². The van der Waals surface area contributed by atoms with Gasteiger partial charge in [0.2, 0.25) is 0 Å². The van der Waals surface area contributed by atoms with Crippen molar-refractivity contribution < 1.29 is 4.39 Å². The quantitative estimate of drug-likeness (QED) is 0.786. The minimum absolute atomic E-state index is 0.0912. The molecule has 4 rings (SSSR count). The molecule has 0 unspecified atom stereocenters. The van der Waals surface area contributed by atoms with Crippen LogP contribution in [0.4, 0.5) is 4.39 Å². The van der Waals surface area contributed by atoms with Crippen LogP contribution < -0.4 is 0 Å². The van der Waals surface area contributed by atoms with Gasteiger partial charge in [-0.2, -0.15) is 0 Å². The maximum Gasteiger partial charge on any atom is 0.123 e. The summed E-state index contributed by atoms with van der Waals surface area (Å²) >= 11 is 0. The van der Waals surface area contributed by atoms with Gasteiger partial charge in [-0.05, 0) is 41.7 Å². The molecule has 0 N–H and O–H groups in total. The zero-order valence-corrected chi connectivity index (χ0v) is 13.5. The second kappa shape index (κ2) is 6.21. The predicted molar refractivity (Wildman–Crippen MR) is 89.5 cm³/mol. The summed E-state index contributed by atoms with van der Waals surface area (Å²) in [5.41, 5.74) is 4.21. The molecule has 2 aliphatic rings. The SMILES string of the molecule is CC.Fc1ccc2c(c1)C1(CC2)CN(Cc2ccccc2)C1. The van der Waals surface area contributed by atoms with Crippen LogP contribution in [0.25, 0.3) is 0 Å². The summed E-state index contributed by atoms with van der Waals surface area (Å²) in [6.45, 7) is 7.14. The van der Waals surface area contributed by atoms with Gasteiger partial charge in [0.1, 0.15) is 5.82 Å². The third kappa shape index (κ3) is 2.68. The highest BCUT2D eigenvalue weighted by atomic mass is 19.1. The van der Waals surface area contributed by atoms with E-state index in [2.05, 4.69) is 35.2 Å². The molecule has 0 radical (unpaired) electrons. The van der Waals surface area contributed by atoms with Crippen molar-refractivity contribution in [3.63, 3.8) is 0 Å². The van der Waals surface area contributed by atoms with Crippen molar-refractivity contribution in [1.29, 1.82) is 0 Å². The Labute approximate surface area is 132 Å². The average Bonchev–Trinajstić information content (AvgIpc) is 2.89. The Bertz CT molecular complexity index is 629. The normalized spacial score (nSPS) is 18.3. The van der Waals surface area contributed by atoms with Gasteiger partial charge in [0.25, 0.3) is 0 Å². The second-order valence-electron chi connectivity index (χ2n) is 6.21. The molecule has 0 amide bonds. The van der Waals surface area contributed by atoms with Crippen molar-refractivity contribution in [1.82, 2.24) is 4.90 Å². The summed E-state index contributed by atoms with van der Waals surface area (Å²) < 4.78 is 13.5. The van der Waals surface area contributed by atoms with Crippen LogP contribution >= 0.6 is 0 Å². The second-order valence-corrected chi connectivity index (χ2v) is 6.21. The van der Waals surface area contributed by atoms with Crippen LogP contribution in [0.5, 0.6) is 0 Å². The number of nitrogens with zero attached hydrogens (tertiary/aromatic N) is 1. The minimum Gasteiger partial charge on any atom is -0.297 e. The Morgan fingerprint density at radius 2 is 1.77 bits per heavy atom. The van der Waals surface area contributed by atoms with Gasteiger partial charge in [-0.3, -0.25) is 4.90 Å². The third-order valence-electron chi connectivity index (χ3n) is 4.82. The first kappa shape index (κ1) is 15.2. The zero-order chi connectivity index (χ0) is 15.6. The molecule has 1 fully saturated rings. The fourth-order valence-electron chi connectivity index (χ4n) is 3.86. The van der Waals surface area contributed by atoms with Gasteiger partial charge in [0.05, 0.1) is 0 Å². The summed E-state index contributed by atoms with van der Waals surface area (Å²) in [5.74, 6) is -0.0912. The van der Waals surface area contributed by atoms with E-state index in [1.54, 1.807) is 12.1 Å². The topological polar surface area (TPSA) is 3.24 Å². The molecule has 1 saturated heterocycles. The number of rotatable bonds is 2. The van der Waals surface area contributed by atoms with Crippen molar-refractivity contribution in [2.24, 2.45) is 0 Å². The molecule has 1 spiro atoms. The number of hydrogen-bond acceptors (Lipinski definition) is 1. The Kier molecular flexibility index (Phi) is 4.30. The fraction of sp³-hybridized carbons (Fsp3) is 0.400. The molecule has 22 heavy (non-hydrogen) atoms. The van der Waals surface area contributed by atoms with Crippen LogP contribution in [0.2, 0.25) is 0 Å². The van der Waals surface area contributed by atoms with Crippen LogP contribution in [-0.2, 0) is 18.4 Å². The molecule has 0 atom stereocenters. The number of aryl methyl sites for hydroxylation is 1. The molecule has 0 aromatic heterocycles. The average molecular weight is 297 g/mol. The highest BCUT2D eigenvalue weighted by molar-refractivity contribution is 5.42. The van der Waals surface area contributed by atoms with E-state index in [1.807, 2.05) is 19.9 Å². The zero-order valence-electron chi connectivity index (χ0n) is 13.5. The predicted octanol–water partition coefficient (Wildman–Crippen LogP) is 4.55. The molecule has 2 heteroatoms. The van der Waals surface area contributed by atoms with Crippen molar-refractivity contribution >= 4 is 0 Å². The highest BCUT2D eigenvalue weighted by Crippen LogP contribution is 2.46. The lowest BCUT2D eigenvalue weighted by atomic mass is 9.74. The third-order valence-corrected chi connectivity index (χ3v) is 4.82. The molecule has 1 aliphatic heterocycles. The Morgan fingerprint density at radius 3 is 2.50 bits per heavy atom. The first-order chi connectivity index (χ1) is 10.8. The van der Waals surface area contributed by atoms with E-state index in [1.165, 1.54) is 23.1 Å². The van der Waals surface area contributed by atoms with Gasteiger partial charge in [0.15, 0.2) is 0 Å². The molecule has 0 bridgehead atoms. The van der Waals surface area contributed by atoms with E-state index in [9.17, 15) is 4.39 Å². The molecular formula is C20H24FN. The minimum atomic E-state index is -0.0912. The lowest BCUT2D eigenvalue weighted by molar-refractivity contribution is 0.0581. The summed E-state index contributed by atoms with van der Waals surface area (Å²) in [6, 6.07) is 15.9. The van der Waals surface area contributed by atoms with Crippen molar-refractivity contribution in [2.75, 3.05) is 13.1 Å². The Hall–Kier alpha value is -1.67. The first-order valence-corrected chi connectivity index (χ1v) is 8.30. The van der Waals surface area contributed by atoms with Gasteiger partial charge in [-0.25, -0.2) is 4.39 Å². The standard InChI is InChI=1S/C18H18FN.C2H6/c19-16-7-6-15-8-9-18(17(15)10-16)12-20(13-18)11-14-4-2-1-3-5-14;1-2/h1-7,10H,8-9,11-13H2;1-2H3. The van der Waals surface area contributed by atoms with E-state index >= 15 is 0 Å². The smallest absolute Gasteiger partial charge is 0.123 e. The lowest BCUT2D eigenvalue weighted by Crippen LogP contribution is -2.57. The lowest BCUT2D eigenvalue weighted by Gasteiger charge is -2.49. The number of likely N-dealkylation sites (tertiary alicyclic amines) is 1. The number of halogens is 1. The number of hydrogen-bond donors (Lipinski definition) is 0. The summed E-state index contributed by atoms with van der Waals surface area (Å²) in [6.07, 6.45) is 2.28. The van der Waals surface area contributed by atoms with E-state index in [-0.39, 0.29) is 11.2 Å². The molecular weight excluding hydrogens is 273 g/mol. The summed E-state index contributed by atoms with van der Waals surface area (Å²) in [4.78, 5) is 2.47. The molecule has 2 aromatic rings. The molecule has 1 nitrogen and oxygen atoms in total. The molecule has 116 valence electrons. The van der Waals surface area contributed by atoms with Gasteiger partial charge < -0.3 is 0 Å². The van der Waals surface area contributed by atoms with E-state index in [0.717, 1.165) is 26.1 Å². The largest absolute Gasteiger partial charge is 0.297 e. The fourth-order valence-corrected chi connectivity index (χ4v) is 3.86. The first-order valence-electron chi connectivity index (χ1n) is 8.30. The summed E-state index contributed by atoms with van der Waals surface area (Å²) in [7, 11) is 0. The van der Waals surface area contributed by atoms with E-state index < -0.39 is 0 Å². The monoisotopic (exact) mass is 297 g/mol. The van der Waals surface area contributed by atoms with Gasteiger partial charge in [-0.15, -0.1) is 0 Å². The molecule has 1 heterocycles. The number of benzene rings is 2. The van der Waals surface area contributed by atoms with E-state index in [4.69, 9.17) is 0 Å². The summed E-state index contributed by atoms with van der Waals surface area (Å²) in [5, 5.41) is 0. The van der Waals surface area contributed by atoms with Gasteiger partial charge in [0, 0.05) is 25.0 Å². The molecule has 1 aliphatic carbocycles. The van der Waals surface area contributed by atoms with Crippen LogP contribution in [0.1, 0.15) is 37.0 Å². The van der Waals surface area contributed by atoms with E-state index in [0.29, 0.717) is 0 Å². The molecule has 0 saturated carbocycles. The maximum absolute atomic E-state index is 13.5. The van der Waals surface area contributed by atoms with Crippen LogP contribution in [0, 0.1) is 5.82 Å². The van der Waals surface area contributed by atoms with Gasteiger partial charge >= 0.3 is 0 Å². The Balaban J connectivity index is 0.000000693. The molecule has 2 aromatic carbocycles. The highest BCUT2D eigenvalue weighted by Gasteiger charge is 2.47. The van der Waals surface area contributed by atoms with Gasteiger partial charge in [-0.1, -0.05) is 50.2 Å². The van der Waals surface area contributed by atoms with Crippen LogP contribution in [0.3, 0.4) is 0 Å². The Morgan fingerprint density at radius 1 is 1.05 bits per heavy atom. The van der Waals surface area contributed by atoms with Crippen molar-refractivity contribution in [2.45, 2.75) is 38.6 Å². The van der Waals surface area contributed by atoms with Crippen molar-refractivity contribution in [3.8, 4) is 0 Å². The number of fused-ring (bicyclic) bond motifs is 2.